The Morgan fingerprint density at radius 2 is 1.44 bits per heavy atom. The van der Waals surface area contributed by atoms with E-state index < -0.39 is 39.5 Å². The molecule has 14 heteroatoms. The summed E-state index contributed by atoms with van der Waals surface area (Å²) in [7, 11) is -4.01. The van der Waals surface area contributed by atoms with Crippen LogP contribution >= 0.6 is 0 Å². The van der Waals surface area contributed by atoms with Crippen LogP contribution in [0.25, 0.3) is 0 Å². The molecule has 0 aromatic heterocycles. The predicted octanol–water partition coefficient (Wildman–Crippen LogP) is 1.60. The number of nitrogens with one attached hydrogen (secondary N) is 5. The molecule has 13 nitrogen and oxygen atoms in total. The van der Waals surface area contributed by atoms with Crippen molar-refractivity contribution in [1.82, 2.24) is 20.8 Å². The molecular formula is C25H31N5O8S. The van der Waals surface area contributed by atoms with E-state index in [1.807, 2.05) is 0 Å². The molecule has 3 amide bonds. The second kappa shape index (κ2) is 14.0. The second-order valence-electron chi connectivity index (χ2n) is 9.06. The van der Waals surface area contributed by atoms with Crippen molar-refractivity contribution >= 4 is 39.7 Å². The molecule has 0 bridgehead atoms. The normalized spacial score (nSPS) is 11.2. The minimum atomic E-state index is -4.01. The lowest BCUT2D eigenvalue weighted by molar-refractivity contribution is -0.147. The van der Waals surface area contributed by atoms with Crippen molar-refractivity contribution in [2.75, 3.05) is 13.1 Å². The summed E-state index contributed by atoms with van der Waals surface area (Å²) < 4.78 is 29.1. The van der Waals surface area contributed by atoms with Crippen LogP contribution in [0, 0.1) is 5.41 Å². The van der Waals surface area contributed by atoms with Gasteiger partial charge in [0.15, 0.2) is 0 Å². The number of amidine groups is 1. The van der Waals surface area contributed by atoms with E-state index in [-0.39, 0.29) is 42.2 Å². The van der Waals surface area contributed by atoms with Crippen LogP contribution in [0.2, 0.25) is 0 Å². The van der Waals surface area contributed by atoms with Gasteiger partial charge in [-0.1, -0.05) is 30.3 Å². The Bertz CT molecular complexity index is 1290. The number of benzene rings is 2. The topological polar surface area (TPSA) is 193 Å². The highest BCUT2D eigenvalue weighted by atomic mass is 32.2. The van der Waals surface area contributed by atoms with E-state index in [1.165, 1.54) is 48.5 Å². The first kappa shape index (κ1) is 30.9. The molecule has 0 atom stereocenters. The minimum Gasteiger partial charge on any atom is -0.444 e. The van der Waals surface area contributed by atoms with E-state index in [1.54, 1.807) is 31.7 Å². The molecule has 0 fully saturated rings. The first-order valence-corrected chi connectivity index (χ1v) is 13.3. The summed E-state index contributed by atoms with van der Waals surface area (Å²) in [4.78, 5) is 54.0. The molecule has 0 radical (unpaired) electrons. The van der Waals surface area contributed by atoms with Crippen molar-refractivity contribution in [3.8, 4) is 0 Å². The van der Waals surface area contributed by atoms with Gasteiger partial charge < -0.3 is 20.2 Å². The van der Waals surface area contributed by atoms with E-state index >= 15 is 0 Å². The fourth-order valence-corrected chi connectivity index (χ4v) is 3.66. The lowest BCUT2D eigenvalue weighted by atomic mass is 10.1. The number of amides is 3. The maximum absolute atomic E-state index is 12.3. The Hall–Kier alpha value is -4.30. The van der Waals surface area contributed by atoms with E-state index in [2.05, 4.69) is 20.8 Å². The van der Waals surface area contributed by atoms with Crippen molar-refractivity contribution < 1.29 is 37.2 Å². The van der Waals surface area contributed by atoms with Crippen LogP contribution in [0.1, 0.15) is 49.5 Å². The van der Waals surface area contributed by atoms with Crippen LogP contribution in [0.15, 0.2) is 59.5 Å². The van der Waals surface area contributed by atoms with E-state index in [0.717, 1.165) is 0 Å². The van der Waals surface area contributed by atoms with Crippen LogP contribution in [0.5, 0.6) is 0 Å². The SMILES string of the molecule is CC(C)(C)OC(=O)NC(=N)c1ccc(C(=O)NCCC(=O)NCCC(=O)ONS(=O)(=O)c2ccccc2)cc1. The Morgan fingerprint density at radius 3 is 2.05 bits per heavy atom. The molecule has 0 aliphatic carbocycles. The zero-order valence-electron chi connectivity index (χ0n) is 21.7. The zero-order valence-corrected chi connectivity index (χ0v) is 22.5. The van der Waals surface area contributed by atoms with Crippen LogP contribution < -0.4 is 20.8 Å². The summed E-state index contributed by atoms with van der Waals surface area (Å²) in [6.07, 6.45) is -1.11. The molecular weight excluding hydrogens is 530 g/mol. The number of hydrogen-bond donors (Lipinski definition) is 5. The Balaban J connectivity index is 1.66. The largest absolute Gasteiger partial charge is 0.444 e. The van der Waals surface area contributed by atoms with Gasteiger partial charge in [0.1, 0.15) is 11.4 Å². The summed E-state index contributed by atoms with van der Waals surface area (Å²) in [5, 5.41) is 15.3. The summed E-state index contributed by atoms with van der Waals surface area (Å²) in [6, 6.07) is 13.3. The summed E-state index contributed by atoms with van der Waals surface area (Å²) in [6.45, 7) is 5.03. The number of carbonyl (C=O) groups excluding carboxylic acids is 4. The molecule has 0 heterocycles. The summed E-state index contributed by atoms with van der Waals surface area (Å²) in [5.41, 5.74) is -0.0614. The van der Waals surface area contributed by atoms with E-state index in [4.69, 9.17) is 10.1 Å². The lowest BCUT2D eigenvalue weighted by Gasteiger charge is -2.19. The van der Waals surface area contributed by atoms with E-state index in [0.29, 0.717) is 5.56 Å². The number of hydrogen-bond acceptors (Lipinski definition) is 9. The van der Waals surface area contributed by atoms with Gasteiger partial charge in [0.2, 0.25) is 5.91 Å². The molecule has 210 valence electrons. The van der Waals surface area contributed by atoms with Crippen molar-refractivity contribution in [3.05, 3.63) is 65.7 Å². The molecule has 2 aromatic rings. The molecule has 0 spiro atoms. The maximum Gasteiger partial charge on any atom is 0.413 e. The first-order valence-electron chi connectivity index (χ1n) is 11.8. The molecule has 0 aliphatic heterocycles. The molecule has 39 heavy (non-hydrogen) atoms. The van der Waals surface area contributed by atoms with Crippen LogP contribution in [0.4, 0.5) is 4.79 Å². The first-order chi connectivity index (χ1) is 18.3. The molecule has 0 unspecified atom stereocenters. The Morgan fingerprint density at radius 1 is 0.846 bits per heavy atom. The van der Waals surface area contributed by atoms with Crippen molar-refractivity contribution in [2.24, 2.45) is 0 Å². The molecule has 0 saturated heterocycles. The highest BCUT2D eigenvalue weighted by Crippen LogP contribution is 2.09. The third-order valence-electron chi connectivity index (χ3n) is 4.67. The van der Waals surface area contributed by atoms with Crippen molar-refractivity contribution in [2.45, 2.75) is 44.1 Å². The standard InChI is InChI=1S/C25H31N5O8S/c1-25(2,3)37-24(34)29-22(26)17-9-11-18(12-10-17)23(33)28-15-13-20(31)27-16-14-21(32)38-30-39(35,36)19-7-5-4-6-8-19/h4-12,30H,13-16H2,1-3H3,(H,27,31)(H,28,33)(H2,26,29,34). The van der Waals surface area contributed by atoms with Gasteiger partial charge in [-0.05, 0) is 49.9 Å². The molecule has 2 aromatic carbocycles. The lowest BCUT2D eigenvalue weighted by Crippen LogP contribution is -2.36. The number of sulfonamides is 1. The highest BCUT2D eigenvalue weighted by molar-refractivity contribution is 7.89. The smallest absolute Gasteiger partial charge is 0.413 e. The average Bonchev–Trinajstić information content (AvgIpc) is 2.87. The van der Waals surface area contributed by atoms with Gasteiger partial charge in [0.25, 0.3) is 15.9 Å². The fourth-order valence-electron chi connectivity index (χ4n) is 2.85. The third-order valence-corrected chi connectivity index (χ3v) is 5.86. The quantitative estimate of drug-likeness (QED) is 0.155. The van der Waals surface area contributed by atoms with Gasteiger partial charge in [-0.2, -0.15) is 0 Å². The van der Waals surface area contributed by atoms with Gasteiger partial charge in [0, 0.05) is 30.6 Å². The van der Waals surface area contributed by atoms with Crippen LogP contribution in [0.3, 0.4) is 0 Å². The van der Waals surface area contributed by atoms with Gasteiger partial charge >= 0.3 is 12.1 Å². The second-order valence-corrected chi connectivity index (χ2v) is 10.7. The maximum atomic E-state index is 12.3. The van der Waals surface area contributed by atoms with Gasteiger partial charge in [-0.25, -0.2) is 13.2 Å². The minimum absolute atomic E-state index is 0.0176. The summed E-state index contributed by atoms with van der Waals surface area (Å²) in [5.74, 6) is -1.97. The average molecular weight is 562 g/mol. The van der Waals surface area contributed by atoms with Crippen molar-refractivity contribution in [3.63, 3.8) is 0 Å². The predicted molar refractivity (Wildman–Crippen MR) is 140 cm³/mol. The Labute approximate surface area is 226 Å². The monoisotopic (exact) mass is 561 g/mol. The van der Waals surface area contributed by atoms with Crippen molar-refractivity contribution in [1.29, 1.82) is 5.41 Å². The highest BCUT2D eigenvalue weighted by Gasteiger charge is 2.18. The number of carbonyl (C=O) groups is 4. The number of rotatable bonds is 11. The molecule has 2 rings (SSSR count). The fraction of sp³-hybridized carbons (Fsp3) is 0.320. The van der Waals surface area contributed by atoms with Crippen LogP contribution in [-0.2, 0) is 29.2 Å². The van der Waals surface area contributed by atoms with Gasteiger partial charge in [0.05, 0.1) is 11.3 Å². The van der Waals surface area contributed by atoms with Gasteiger partial charge in [-0.3, -0.25) is 25.1 Å². The zero-order chi connectivity index (χ0) is 29.1. The molecule has 0 saturated carbocycles. The number of ether oxygens (including phenoxy) is 1. The summed E-state index contributed by atoms with van der Waals surface area (Å²) >= 11 is 0. The molecule has 5 N–H and O–H groups in total. The third kappa shape index (κ3) is 11.3. The van der Waals surface area contributed by atoms with E-state index in [9.17, 15) is 27.6 Å². The van der Waals surface area contributed by atoms with Gasteiger partial charge in [-0.15, -0.1) is 0 Å². The molecule has 0 aliphatic rings. The Kier molecular flexibility index (Phi) is 11.1. The van der Waals surface area contributed by atoms with Crippen LogP contribution in [-0.4, -0.2) is 56.8 Å². The number of alkyl carbamates (subject to hydrolysis) is 1.